The normalized spacial score (nSPS) is 21.6. The molecule has 0 N–H and O–H groups in total. The third kappa shape index (κ3) is 3.17. The van der Waals surface area contributed by atoms with Gasteiger partial charge in [0.25, 0.3) is 0 Å². The van der Waals surface area contributed by atoms with Crippen molar-refractivity contribution in [2.45, 2.75) is 18.0 Å². The maximum Gasteiger partial charge on any atom is 0.185 e. The molecule has 0 aliphatic carbocycles. The van der Waals surface area contributed by atoms with Crippen molar-refractivity contribution in [2.24, 2.45) is 5.41 Å². The van der Waals surface area contributed by atoms with Crippen LogP contribution in [-0.2, 0) is 0 Å². The number of carbonyl (C=O) groups excluding carboxylic acids is 1. The molecule has 3 aromatic rings. The number of ether oxygens (including phenoxy) is 1. The third-order valence-corrected chi connectivity index (χ3v) is 7.04. The smallest absolute Gasteiger partial charge is 0.185 e. The summed E-state index contributed by atoms with van der Waals surface area (Å²) in [6.07, 6.45) is 3.81. The average molecular weight is 466 g/mol. The standard InChI is InChI=1S/C28H20ClN3O2/c1-34-22-13-8-19(9-14-22)25-26(27(33)20-6-11-21(29)12-7-20)32-23-5-3-2-4-18(23)10-15-24(32)28(25,16-30)17-31/h2-15,24-26H,1H3/t24-,25-,26+/m1/s1. The molecule has 0 aromatic heterocycles. The van der Waals surface area contributed by atoms with E-state index in [1.807, 2.05) is 53.5 Å². The summed E-state index contributed by atoms with van der Waals surface area (Å²) in [5, 5.41) is 21.4. The number of benzene rings is 3. The van der Waals surface area contributed by atoms with Gasteiger partial charge in [0.1, 0.15) is 11.8 Å². The van der Waals surface area contributed by atoms with E-state index in [2.05, 4.69) is 12.1 Å². The molecule has 1 fully saturated rings. The van der Waals surface area contributed by atoms with Crippen LogP contribution < -0.4 is 9.64 Å². The summed E-state index contributed by atoms with van der Waals surface area (Å²) in [7, 11) is 1.58. The van der Waals surface area contributed by atoms with E-state index < -0.39 is 23.4 Å². The van der Waals surface area contributed by atoms with Crippen LogP contribution in [0.5, 0.6) is 5.75 Å². The average Bonchev–Trinajstić information content (AvgIpc) is 3.19. The predicted molar refractivity (Wildman–Crippen MR) is 131 cm³/mol. The van der Waals surface area contributed by atoms with Crippen molar-refractivity contribution in [1.82, 2.24) is 0 Å². The molecule has 0 saturated carbocycles. The van der Waals surface area contributed by atoms with Gasteiger partial charge in [-0.3, -0.25) is 4.79 Å². The molecule has 2 aliphatic rings. The zero-order valence-electron chi connectivity index (χ0n) is 18.4. The highest BCUT2D eigenvalue weighted by atomic mass is 35.5. The first kappa shape index (κ1) is 21.8. The molecule has 3 aromatic carbocycles. The van der Waals surface area contributed by atoms with E-state index in [0.717, 1.165) is 16.8 Å². The molecule has 2 aliphatic heterocycles. The number of hydrogen-bond acceptors (Lipinski definition) is 5. The van der Waals surface area contributed by atoms with Gasteiger partial charge in [-0.25, -0.2) is 0 Å². The van der Waals surface area contributed by atoms with Crippen molar-refractivity contribution in [3.63, 3.8) is 0 Å². The monoisotopic (exact) mass is 465 g/mol. The lowest BCUT2D eigenvalue weighted by atomic mass is 9.69. The Hall–Kier alpha value is -4.06. The van der Waals surface area contributed by atoms with E-state index in [-0.39, 0.29) is 5.78 Å². The van der Waals surface area contributed by atoms with E-state index in [1.165, 1.54) is 0 Å². The number of rotatable bonds is 4. The van der Waals surface area contributed by atoms with Crippen molar-refractivity contribution < 1.29 is 9.53 Å². The maximum absolute atomic E-state index is 14.1. The number of para-hydroxylation sites is 1. The Morgan fingerprint density at radius 3 is 2.32 bits per heavy atom. The zero-order chi connectivity index (χ0) is 23.9. The Bertz CT molecular complexity index is 1350. The minimum atomic E-state index is -1.48. The number of ketones is 1. The van der Waals surface area contributed by atoms with Gasteiger partial charge in [0.2, 0.25) is 0 Å². The highest BCUT2D eigenvalue weighted by molar-refractivity contribution is 6.30. The summed E-state index contributed by atoms with van der Waals surface area (Å²) in [5.41, 5.74) is 1.49. The van der Waals surface area contributed by atoms with Crippen molar-refractivity contribution in [1.29, 1.82) is 10.5 Å². The first-order valence-corrected chi connectivity index (χ1v) is 11.2. The van der Waals surface area contributed by atoms with Gasteiger partial charge in [-0.15, -0.1) is 0 Å². The summed E-state index contributed by atoms with van der Waals surface area (Å²) in [6, 6.07) is 25.0. The lowest BCUT2D eigenvalue weighted by Crippen LogP contribution is -2.44. The molecule has 6 heteroatoms. The first-order chi connectivity index (χ1) is 16.5. The quantitative estimate of drug-likeness (QED) is 0.466. The second-order valence-electron chi connectivity index (χ2n) is 8.43. The number of fused-ring (bicyclic) bond motifs is 3. The SMILES string of the molecule is COc1ccc([C@@H]2[C@@H](C(=O)c3ccc(Cl)cc3)N3c4ccccc4C=C[C@@H]3C2(C#N)C#N)cc1. The molecule has 0 radical (unpaired) electrons. The number of Topliss-reactive ketones (excluding diaryl/α,β-unsaturated/α-hetero) is 1. The lowest BCUT2D eigenvalue weighted by molar-refractivity contribution is 0.0951. The number of methoxy groups -OCH3 is 1. The predicted octanol–water partition coefficient (Wildman–Crippen LogP) is 5.63. The first-order valence-electron chi connectivity index (χ1n) is 10.9. The topological polar surface area (TPSA) is 77.1 Å². The minimum absolute atomic E-state index is 0.167. The number of nitrogens with zero attached hydrogens (tertiary/aromatic N) is 3. The van der Waals surface area contributed by atoms with Gasteiger partial charge >= 0.3 is 0 Å². The van der Waals surface area contributed by atoms with Crippen molar-refractivity contribution in [2.75, 3.05) is 12.0 Å². The van der Waals surface area contributed by atoms with E-state index >= 15 is 0 Å². The van der Waals surface area contributed by atoms with Gasteiger partial charge < -0.3 is 9.64 Å². The summed E-state index contributed by atoms with van der Waals surface area (Å²) in [6.45, 7) is 0. The zero-order valence-corrected chi connectivity index (χ0v) is 19.1. The number of nitriles is 2. The van der Waals surface area contributed by atoms with Crippen LogP contribution in [0.1, 0.15) is 27.4 Å². The second kappa shape index (κ2) is 8.37. The fourth-order valence-electron chi connectivity index (χ4n) is 5.20. The molecule has 34 heavy (non-hydrogen) atoms. The minimum Gasteiger partial charge on any atom is -0.497 e. The summed E-state index contributed by atoms with van der Waals surface area (Å²) in [5.74, 6) is -0.206. The van der Waals surface area contributed by atoms with Crippen molar-refractivity contribution in [3.05, 3.63) is 101 Å². The highest BCUT2D eigenvalue weighted by Crippen LogP contribution is 2.55. The largest absolute Gasteiger partial charge is 0.497 e. The second-order valence-corrected chi connectivity index (χ2v) is 8.87. The van der Waals surface area contributed by atoms with Crippen molar-refractivity contribution in [3.8, 4) is 17.9 Å². The van der Waals surface area contributed by atoms with Gasteiger partial charge in [0, 0.05) is 22.2 Å². The number of anilines is 1. The van der Waals surface area contributed by atoms with Crippen LogP contribution in [0.2, 0.25) is 5.02 Å². The summed E-state index contributed by atoms with van der Waals surface area (Å²) >= 11 is 6.07. The van der Waals surface area contributed by atoms with E-state index in [9.17, 15) is 15.3 Å². The molecule has 0 bridgehead atoms. The Kier molecular flexibility index (Phi) is 5.36. The van der Waals surface area contributed by atoms with Crippen molar-refractivity contribution >= 4 is 29.1 Å². The molecule has 166 valence electrons. The number of hydrogen-bond donors (Lipinski definition) is 0. The fourth-order valence-corrected chi connectivity index (χ4v) is 5.33. The van der Waals surface area contributed by atoms with Gasteiger partial charge in [-0.05, 0) is 53.6 Å². The van der Waals surface area contributed by atoms with Crippen LogP contribution in [0, 0.1) is 28.1 Å². The van der Waals surface area contributed by atoms with Crippen LogP contribution in [0.4, 0.5) is 5.69 Å². The summed E-state index contributed by atoms with van der Waals surface area (Å²) < 4.78 is 5.30. The van der Waals surface area contributed by atoms with Gasteiger partial charge in [0.15, 0.2) is 11.2 Å². The Morgan fingerprint density at radius 2 is 1.68 bits per heavy atom. The molecule has 3 atom stereocenters. The molecule has 0 spiro atoms. The third-order valence-electron chi connectivity index (χ3n) is 6.79. The fraction of sp³-hybridized carbons (Fsp3) is 0.179. The van der Waals surface area contributed by atoms with Crippen LogP contribution in [0.25, 0.3) is 6.08 Å². The lowest BCUT2D eigenvalue weighted by Gasteiger charge is -2.35. The van der Waals surface area contributed by atoms with E-state index in [4.69, 9.17) is 16.3 Å². The molecule has 1 saturated heterocycles. The molecule has 5 rings (SSSR count). The molecule has 0 amide bonds. The van der Waals surface area contributed by atoms with Crippen LogP contribution in [0.15, 0.2) is 78.9 Å². The van der Waals surface area contributed by atoms with Crippen LogP contribution in [-0.4, -0.2) is 25.0 Å². The van der Waals surface area contributed by atoms with Gasteiger partial charge in [-0.2, -0.15) is 10.5 Å². The molecule has 2 heterocycles. The number of halogens is 1. The van der Waals surface area contributed by atoms with Gasteiger partial charge in [-0.1, -0.05) is 54.1 Å². The van der Waals surface area contributed by atoms with E-state index in [1.54, 1.807) is 43.5 Å². The highest BCUT2D eigenvalue weighted by Gasteiger charge is 2.63. The van der Waals surface area contributed by atoms with Crippen LogP contribution in [0.3, 0.4) is 0 Å². The Morgan fingerprint density at radius 1 is 1.00 bits per heavy atom. The Labute approximate surface area is 203 Å². The van der Waals surface area contributed by atoms with Gasteiger partial charge in [0.05, 0.1) is 25.3 Å². The van der Waals surface area contributed by atoms with E-state index in [0.29, 0.717) is 16.3 Å². The molecular formula is C28H20ClN3O2. The molecular weight excluding hydrogens is 446 g/mol. The molecule has 0 unspecified atom stereocenters. The maximum atomic E-state index is 14.1. The number of carbonyl (C=O) groups is 1. The Balaban J connectivity index is 1.76. The van der Waals surface area contributed by atoms with Crippen LogP contribution >= 0.6 is 11.6 Å². The molecule has 5 nitrogen and oxygen atoms in total. The summed E-state index contributed by atoms with van der Waals surface area (Å²) in [4.78, 5) is 16.0.